The van der Waals surface area contributed by atoms with Crippen LogP contribution in [0.3, 0.4) is 0 Å². The smallest absolute Gasteiger partial charge is 0.338 e. The van der Waals surface area contributed by atoms with Gasteiger partial charge in [0.1, 0.15) is 0 Å². The average molecular weight is 423 g/mol. The number of nitrogens with one attached hydrogen (secondary N) is 1. The first-order valence-corrected chi connectivity index (χ1v) is 9.89. The Bertz CT molecular complexity index is 1000. The van der Waals surface area contributed by atoms with Gasteiger partial charge in [0.2, 0.25) is 5.91 Å². The van der Waals surface area contributed by atoms with E-state index in [2.05, 4.69) is 11.4 Å². The normalized spacial score (nSPS) is 13.2. The predicted molar refractivity (Wildman–Crippen MR) is 113 cm³/mol. The summed E-state index contributed by atoms with van der Waals surface area (Å²) in [4.78, 5) is 50.5. The van der Waals surface area contributed by atoms with E-state index in [1.165, 1.54) is 4.90 Å². The summed E-state index contributed by atoms with van der Waals surface area (Å²) in [6.45, 7) is 4.21. The van der Waals surface area contributed by atoms with Gasteiger partial charge < -0.3 is 15.0 Å². The second kappa shape index (κ2) is 9.42. The van der Waals surface area contributed by atoms with Gasteiger partial charge in [0.25, 0.3) is 5.91 Å². The van der Waals surface area contributed by atoms with Crippen molar-refractivity contribution in [3.8, 4) is 0 Å². The molecule has 1 heterocycles. The van der Waals surface area contributed by atoms with Crippen molar-refractivity contribution in [1.29, 1.82) is 0 Å². The second-order valence-electron chi connectivity index (χ2n) is 7.59. The van der Waals surface area contributed by atoms with Crippen LogP contribution in [0.15, 0.2) is 42.5 Å². The lowest BCUT2D eigenvalue weighted by molar-refractivity contribution is -0.133. The number of nitrogens with zero attached hydrogens (tertiary/aromatic N) is 2. The number of aryl methyl sites for hydroxylation is 2. The second-order valence-corrected chi connectivity index (χ2v) is 7.59. The van der Waals surface area contributed by atoms with Gasteiger partial charge in [-0.2, -0.15) is 0 Å². The molecule has 0 aliphatic carbocycles. The summed E-state index contributed by atoms with van der Waals surface area (Å²) in [5.41, 5.74) is 4.28. The first kappa shape index (κ1) is 22.0. The number of hydrogen-bond acceptors (Lipinski definition) is 5. The Balaban J connectivity index is 1.51. The largest absolute Gasteiger partial charge is 0.452 e. The summed E-state index contributed by atoms with van der Waals surface area (Å²) in [7, 11) is 1.67. The summed E-state index contributed by atoms with van der Waals surface area (Å²) < 4.78 is 5.15. The van der Waals surface area contributed by atoms with E-state index in [1.807, 2.05) is 26.0 Å². The number of ether oxygens (including phenoxy) is 1. The van der Waals surface area contributed by atoms with Gasteiger partial charge in [0, 0.05) is 13.6 Å². The van der Waals surface area contributed by atoms with E-state index in [0.717, 1.165) is 21.6 Å². The highest BCUT2D eigenvalue weighted by Gasteiger charge is 2.28. The van der Waals surface area contributed by atoms with E-state index in [-0.39, 0.29) is 37.1 Å². The molecule has 3 rings (SSSR count). The molecule has 0 aromatic heterocycles. The van der Waals surface area contributed by atoms with E-state index < -0.39 is 12.0 Å². The molecule has 1 aliphatic rings. The maximum Gasteiger partial charge on any atom is 0.338 e. The molecule has 2 aromatic carbocycles. The summed E-state index contributed by atoms with van der Waals surface area (Å²) in [6, 6.07) is 12.0. The van der Waals surface area contributed by atoms with Crippen LogP contribution >= 0.6 is 0 Å². The van der Waals surface area contributed by atoms with Crippen LogP contribution in [0.2, 0.25) is 0 Å². The molecule has 2 aromatic rings. The van der Waals surface area contributed by atoms with E-state index in [0.29, 0.717) is 12.1 Å². The number of rotatable bonds is 7. The molecule has 0 unspecified atom stereocenters. The summed E-state index contributed by atoms with van der Waals surface area (Å²) in [5.74, 6) is -1.21. The number of hydrogen-bond donors (Lipinski definition) is 1. The Morgan fingerprint density at radius 3 is 2.42 bits per heavy atom. The topological polar surface area (TPSA) is 96.0 Å². The third kappa shape index (κ3) is 5.48. The molecule has 0 atom stereocenters. The minimum atomic E-state index is -0.616. The van der Waals surface area contributed by atoms with Crippen LogP contribution in [0.5, 0.6) is 0 Å². The van der Waals surface area contributed by atoms with Gasteiger partial charge in [0.05, 0.1) is 18.7 Å². The molecular formula is C23H25N3O5. The number of likely N-dealkylation sites (N-methyl/N-ethyl adjacent to an activating group) is 1. The van der Waals surface area contributed by atoms with Gasteiger partial charge in [-0.15, -0.1) is 0 Å². The summed E-state index contributed by atoms with van der Waals surface area (Å²) in [6.07, 6.45) is 0. The maximum atomic E-state index is 12.3. The number of urea groups is 1. The third-order valence-corrected chi connectivity index (χ3v) is 5.13. The Labute approximate surface area is 180 Å². The summed E-state index contributed by atoms with van der Waals surface area (Å²) >= 11 is 0. The van der Waals surface area contributed by atoms with E-state index >= 15 is 0 Å². The molecule has 0 saturated carbocycles. The molecule has 0 spiro atoms. The SMILES string of the molecule is Cc1ccc(CN(C)C(=O)COC(=O)c2ccc(CN3C(=O)CNC3=O)cc2)c(C)c1. The van der Waals surface area contributed by atoms with Crippen molar-refractivity contribution in [1.82, 2.24) is 15.1 Å². The molecule has 1 fully saturated rings. The van der Waals surface area contributed by atoms with Gasteiger partial charge in [0.15, 0.2) is 6.61 Å². The molecule has 1 saturated heterocycles. The Morgan fingerprint density at radius 2 is 1.81 bits per heavy atom. The van der Waals surface area contributed by atoms with Crippen LogP contribution in [-0.2, 0) is 27.4 Å². The Hall–Kier alpha value is -3.68. The Kier molecular flexibility index (Phi) is 6.69. The molecule has 4 amide bonds. The van der Waals surface area contributed by atoms with Crippen LogP contribution in [0, 0.1) is 13.8 Å². The number of esters is 1. The minimum Gasteiger partial charge on any atom is -0.452 e. The average Bonchev–Trinajstić information content (AvgIpc) is 3.06. The molecule has 8 nitrogen and oxygen atoms in total. The minimum absolute atomic E-state index is 0.00476. The summed E-state index contributed by atoms with van der Waals surface area (Å²) in [5, 5.41) is 2.45. The van der Waals surface area contributed by atoms with Crippen LogP contribution in [0.25, 0.3) is 0 Å². The number of imide groups is 1. The van der Waals surface area contributed by atoms with Gasteiger partial charge in [-0.05, 0) is 42.7 Å². The molecule has 0 bridgehead atoms. The van der Waals surface area contributed by atoms with Crippen molar-refractivity contribution >= 4 is 23.8 Å². The van der Waals surface area contributed by atoms with Gasteiger partial charge in [-0.3, -0.25) is 14.5 Å². The van der Waals surface area contributed by atoms with Crippen LogP contribution in [0.1, 0.15) is 32.6 Å². The lowest BCUT2D eigenvalue weighted by Gasteiger charge is -2.19. The highest BCUT2D eigenvalue weighted by atomic mass is 16.5. The zero-order chi connectivity index (χ0) is 22.5. The van der Waals surface area contributed by atoms with Crippen molar-refractivity contribution < 1.29 is 23.9 Å². The molecule has 162 valence electrons. The molecular weight excluding hydrogens is 398 g/mol. The van der Waals surface area contributed by atoms with Crippen molar-refractivity contribution in [2.45, 2.75) is 26.9 Å². The molecule has 1 aliphatic heterocycles. The Morgan fingerprint density at radius 1 is 1.10 bits per heavy atom. The number of benzene rings is 2. The van der Waals surface area contributed by atoms with Crippen molar-refractivity contribution in [2.24, 2.45) is 0 Å². The first-order chi connectivity index (χ1) is 14.7. The van der Waals surface area contributed by atoms with Gasteiger partial charge in [-0.1, -0.05) is 35.9 Å². The molecule has 8 heteroatoms. The van der Waals surface area contributed by atoms with Gasteiger partial charge >= 0.3 is 12.0 Å². The van der Waals surface area contributed by atoms with Crippen LogP contribution < -0.4 is 5.32 Å². The highest BCUT2D eigenvalue weighted by molar-refractivity contribution is 6.01. The fraction of sp³-hybridized carbons (Fsp3) is 0.304. The number of amides is 4. The highest BCUT2D eigenvalue weighted by Crippen LogP contribution is 2.14. The zero-order valence-corrected chi connectivity index (χ0v) is 17.8. The van der Waals surface area contributed by atoms with Gasteiger partial charge in [-0.25, -0.2) is 9.59 Å². The van der Waals surface area contributed by atoms with Crippen molar-refractivity contribution in [3.63, 3.8) is 0 Å². The molecule has 31 heavy (non-hydrogen) atoms. The molecule has 1 N–H and O–H groups in total. The lowest BCUT2D eigenvalue weighted by atomic mass is 10.1. The van der Waals surface area contributed by atoms with Crippen LogP contribution in [-0.4, -0.2) is 53.8 Å². The van der Waals surface area contributed by atoms with Crippen molar-refractivity contribution in [3.05, 3.63) is 70.3 Å². The van der Waals surface area contributed by atoms with E-state index in [9.17, 15) is 19.2 Å². The van der Waals surface area contributed by atoms with Crippen LogP contribution in [0.4, 0.5) is 4.79 Å². The fourth-order valence-electron chi connectivity index (χ4n) is 3.23. The lowest BCUT2D eigenvalue weighted by Crippen LogP contribution is -2.31. The zero-order valence-electron chi connectivity index (χ0n) is 17.8. The van der Waals surface area contributed by atoms with Crippen molar-refractivity contribution in [2.75, 3.05) is 20.2 Å². The predicted octanol–water partition coefficient (Wildman–Crippen LogP) is 2.17. The fourth-order valence-corrected chi connectivity index (χ4v) is 3.23. The van der Waals surface area contributed by atoms with E-state index in [4.69, 9.17) is 4.74 Å². The first-order valence-electron chi connectivity index (χ1n) is 9.89. The third-order valence-electron chi connectivity index (χ3n) is 5.13. The monoisotopic (exact) mass is 423 g/mol. The molecule has 0 radical (unpaired) electrons. The quantitative estimate of drug-likeness (QED) is 0.544. The maximum absolute atomic E-state index is 12.3. The van der Waals surface area contributed by atoms with E-state index in [1.54, 1.807) is 31.3 Å². The number of carbonyl (C=O) groups excluding carboxylic acids is 4. The number of carbonyl (C=O) groups is 4. The standard InChI is InChI=1S/C23H25N3O5/c1-15-4-7-19(16(2)10-15)13-25(3)21(28)14-31-22(29)18-8-5-17(6-9-18)12-26-20(27)11-24-23(26)30/h4-10H,11-14H2,1-3H3,(H,24,30).